The molecule has 0 aliphatic rings. The number of benzene rings is 2. The molecule has 0 aromatic heterocycles. The van der Waals surface area contributed by atoms with Gasteiger partial charge < -0.3 is 5.53 Å². The van der Waals surface area contributed by atoms with Crippen molar-refractivity contribution in [3.8, 4) is 0 Å². The van der Waals surface area contributed by atoms with E-state index in [9.17, 15) is 5.53 Å². The summed E-state index contributed by atoms with van der Waals surface area (Å²) in [6, 6.07) is 14.6. The Hall–Kier alpha value is -1.04. The molecular formula is C46H72Br2N2Pd. The van der Waals surface area contributed by atoms with E-state index < -0.39 is 0 Å². The minimum atomic E-state index is 0.575. The van der Waals surface area contributed by atoms with E-state index in [4.69, 9.17) is 0 Å². The van der Waals surface area contributed by atoms with Crippen LogP contribution >= 0.6 is 26.9 Å². The predicted molar refractivity (Wildman–Crippen MR) is 230 cm³/mol. The first-order valence-corrected chi connectivity index (χ1v) is 27.7. The van der Waals surface area contributed by atoms with Crippen molar-refractivity contribution in [1.82, 2.24) is 0 Å². The summed E-state index contributed by atoms with van der Waals surface area (Å²) in [6.45, 7) is 13.6. The van der Waals surface area contributed by atoms with Gasteiger partial charge >= 0.3 is 46.7 Å². The van der Waals surface area contributed by atoms with Crippen LogP contribution < -0.4 is 0 Å². The van der Waals surface area contributed by atoms with E-state index in [1.165, 1.54) is 154 Å². The molecule has 0 aliphatic carbocycles. The van der Waals surface area contributed by atoms with Crippen LogP contribution in [0.1, 0.15) is 202 Å². The Kier molecular flexibility index (Phi) is 30.5. The average molecular weight is 919 g/mol. The molecule has 0 bridgehead atoms. The Morgan fingerprint density at radius 1 is 0.549 bits per heavy atom. The summed E-state index contributed by atoms with van der Waals surface area (Å²) in [5.74, 6) is 3.11. The van der Waals surface area contributed by atoms with Gasteiger partial charge in [0.05, 0.1) is 5.57 Å². The molecule has 2 aromatic rings. The Morgan fingerprint density at radius 3 is 1.41 bits per heavy atom. The molecule has 0 aliphatic heterocycles. The van der Waals surface area contributed by atoms with Gasteiger partial charge in [-0.05, 0) is 98.6 Å². The zero-order valence-corrected chi connectivity index (χ0v) is 38.1. The van der Waals surface area contributed by atoms with Crippen molar-refractivity contribution in [2.75, 3.05) is 0 Å². The second kappa shape index (κ2) is 32.4. The first-order chi connectivity index (χ1) is 24.9. The van der Waals surface area contributed by atoms with Crippen molar-refractivity contribution in [1.29, 1.82) is 0 Å². The van der Waals surface area contributed by atoms with Gasteiger partial charge in [0, 0.05) is 0 Å². The van der Waals surface area contributed by atoms with Crippen LogP contribution in [0.5, 0.6) is 0 Å². The van der Waals surface area contributed by atoms with E-state index in [-0.39, 0.29) is 0 Å². The van der Waals surface area contributed by atoms with Crippen LogP contribution in [0.15, 0.2) is 47.5 Å². The van der Waals surface area contributed by atoms with E-state index in [1.54, 1.807) is 0 Å². The number of halogens is 2. The Labute approximate surface area is 336 Å². The van der Waals surface area contributed by atoms with Crippen LogP contribution in [0, 0.1) is 13.8 Å². The van der Waals surface area contributed by atoms with Crippen molar-refractivity contribution in [2.24, 2.45) is 0 Å². The van der Waals surface area contributed by atoms with E-state index in [0.29, 0.717) is 13.9 Å². The standard InChI is InChI=1S/C46H72N2.2BrH.Pd/c1-7-11-15-18-21-24-27-40-34-41(28-25-22-19-16-12-8-2)36-44(35-40)46(43-32-38(5)31-39(6)33-43)45(30-26-23-20-17-13-9-3)42(37-48-47)29-14-10-4;;;/h31-36H,7-30H2,1-6H3;2*1H;/q;;;+2/p-2. The van der Waals surface area contributed by atoms with E-state index in [1.807, 2.05) is 0 Å². The van der Waals surface area contributed by atoms with Gasteiger partial charge in [0.2, 0.25) is 0 Å². The number of nitrogens with zero attached hydrogens (tertiary/aromatic N) is 2. The van der Waals surface area contributed by atoms with Gasteiger partial charge in [-0.25, -0.2) is 0 Å². The van der Waals surface area contributed by atoms with Gasteiger partial charge in [0.25, 0.3) is 0 Å². The molecule has 0 N–H and O–H groups in total. The van der Waals surface area contributed by atoms with Gasteiger partial charge in [0.1, 0.15) is 0 Å². The van der Waals surface area contributed by atoms with Crippen LogP contribution in [0.4, 0.5) is 0 Å². The van der Waals surface area contributed by atoms with Crippen LogP contribution in [0.2, 0.25) is 0 Å². The third-order valence-corrected chi connectivity index (χ3v) is 9.90. The predicted octanol–water partition coefficient (Wildman–Crippen LogP) is 16.4. The van der Waals surface area contributed by atoms with E-state index in [2.05, 4.69) is 115 Å². The Morgan fingerprint density at radius 2 is 0.961 bits per heavy atom. The normalized spacial score (nSPS) is 11.5. The maximum absolute atomic E-state index is 9.87. The number of unbranched alkanes of at least 4 members (excludes halogenated alkanes) is 16. The molecule has 0 amide bonds. The molecule has 0 heterocycles. The summed E-state index contributed by atoms with van der Waals surface area (Å²) in [5.41, 5.74) is 21.8. The van der Waals surface area contributed by atoms with Gasteiger partial charge in [-0.2, -0.15) is 0 Å². The molecule has 2 rings (SSSR count). The van der Waals surface area contributed by atoms with Crippen LogP contribution in [0.3, 0.4) is 0 Å². The van der Waals surface area contributed by atoms with Gasteiger partial charge in [0.15, 0.2) is 0 Å². The van der Waals surface area contributed by atoms with Crippen LogP contribution in [0.25, 0.3) is 11.1 Å². The second-order valence-corrected chi connectivity index (χ2v) is 21.8. The Balaban J connectivity index is 0.00000418. The first kappa shape index (κ1) is 48.0. The van der Waals surface area contributed by atoms with Crippen LogP contribution in [-0.2, 0) is 26.8 Å². The molecule has 51 heavy (non-hydrogen) atoms. The van der Waals surface area contributed by atoms with E-state index in [0.717, 1.165) is 50.5 Å². The molecule has 2 nitrogen and oxygen atoms in total. The molecule has 290 valence electrons. The van der Waals surface area contributed by atoms with Crippen molar-refractivity contribution < 1.29 is 18.7 Å². The fraction of sp³-hybridized carbons (Fsp3) is 0.652. The molecule has 5 heteroatoms. The van der Waals surface area contributed by atoms with Crippen molar-refractivity contribution in [3.05, 3.63) is 86.5 Å². The summed E-state index contributed by atoms with van der Waals surface area (Å²) in [6.07, 6.45) is 29.8. The monoisotopic (exact) mass is 916 g/mol. The topological polar surface area (TPSA) is 36.4 Å². The Bertz CT molecular complexity index is 1270. The molecule has 0 saturated heterocycles. The zero-order valence-electron chi connectivity index (χ0n) is 33.4. The van der Waals surface area contributed by atoms with E-state index >= 15 is 0 Å². The number of hydrogen-bond donors (Lipinski definition) is 0. The molecule has 0 radical (unpaired) electrons. The quantitative estimate of drug-likeness (QED) is 0.0214. The third-order valence-electron chi connectivity index (χ3n) is 9.90. The van der Waals surface area contributed by atoms with Gasteiger partial charge in [-0.1, -0.05) is 178 Å². The maximum atomic E-state index is 9.87. The molecule has 0 saturated carbocycles. The fourth-order valence-corrected chi connectivity index (χ4v) is 7.25. The fourth-order valence-electron chi connectivity index (χ4n) is 7.25. The average Bonchev–Trinajstić information content (AvgIpc) is 3.10. The third kappa shape index (κ3) is 22.1. The summed E-state index contributed by atoms with van der Waals surface area (Å²) >= 11 is 6.80. The SMILES string of the molecule is CCCCCCCCC(C(=C=[N+]=[N-])CCCC)=C(c1cc(C)cc(C)c1)c1cc(CCCCCCCC)cc(CCCCCCCC)c1.[Br][Pd][Br]. The second-order valence-electron chi connectivity index (χ2n) is 14.7. The first-order valence-electron chi connectivity index (χ1n) is 20.6. The van der Waals surface area contributed by atoms with Crippen molar-refractivity contribution >= 4 is 38.3 Å². The summed E-state index contributed by atoms with van der Waals surface area (Å²) < 4.78 is 0. The molecular weight excluding hydrogens is 847 g/mol. The molecule has 0 unspecified atom stereocenters. The molecule has 0 atom stereocenters. The summed E-state index contributed by atoms with van der Waals surface area (Å²) in [5, 5.41) is 0. The zero-order chi connectivity index (χ0) is 37.5. The number of allylic oxidation sites excluding steroid dienone is 2. The van der Waals surface area contributed by atoms with Crippen molar-refractivity contribution in [2.45, 2.75) is 196 Å². The molecule has 2 aromatic carbocycles. The minimum absolute atomic E-state index is 0.575. The summed E-state index contributed by atoms with van der Waals surface area (Å²) in [7, 11) is 0. The van der Waals surface area contributed by atoms with Crippen LogP contribution in [-0.4, -0.2) is 10.7 Å². The molecule has 0 fully saturated rings. The van der Waals surface area contributed by atoms with Crippen molar-refractivity contribution in [3.63, 3.8) is 0 Å². The van der Waals surface area contributed by atoms with Gasteiger partial charge in [-0.3, -0.25) is 0 Å². The van der Waals surface area contributed by atoms with Gasteiger partial charge in [-0.15, -0.1) is 4.79 Å². The molecule has 0 spiro atoms. The number of hydrogen-bond acceptors (Lipinski definition) is 0. The summed E-state index contributed by atoms with van der Waals surface area (Å²) in [4.78, 5) is 3.54. The number of rotatable bonds is 27. The number of aryl methyl sites for hydroxylation is 4.